The Kier molecular flexibility index (Phi) is 4.20. The van der Waals surface area contributed by atoms with Crippen LogP contribution in [0, 0.1) is 18.6 Å². The smallest absolute Gasteiger partial charge is 0.235 e. The Morgan fingerprint density at radius 2 is 1.75 bits per heavy atom. The molecule has 0 unspecified atom stereocenters. The average molecular weight is 383 g/mol. The van der Waals surface area contributed by atoms with Crippen LogP contribution in [0.3, 0.4) is 0 Å². The summed E-state index contributed by atoms with van der Waals surface area (Å²) in [6.07, 6.45) is 0. The van der Waals surface area contributed by atoms with Crippen molar-refractivity contribution in [2.24, 2.45) is 0 Å². The van der Waals surface area contributed by atoms with E-state index in [-0.39, 0.29) is 23.3 Å². The predicted molar refractivity (Wildman–Crippen MR) is 99.4 cm³/mol. The van der Waals surface area contributed by atoms with Gasteiger partial charge in [0.15, 0.2) is 5.75 Å². The van der Waals surface area contributed by atoms with Crippen molar-refractivity contribution in [1.82, 2.24) is 14.8 Å². The van der Waals surface area contributed by atoms with E-state index >= 15 is 0 Å². The van der Waals surface area contributed by atoms with Gasteiger partial charge in [0, 0.05) is 0 Å². The normalized spacial score (nSPS) is 11.3. The molecule has 4 aromatic rings. The van der Waals surface area contributed by atoms with Crippen molar-refractivity contribution in [1.29, 1.82) is 0 Å². The van der Waals surface area contributed by atoms with E-state index in [0.717, 1.165) is 12.1 Å². The second-order valence-electron chi connectivity index (χ2n) is 6.32. The minimum atomic E-state index is -0.916. The zero-order chi connectivity index (χ0) is 20.0. The highest BCUT2D eigenvalue weighted by atomic mass is 19.1. The number of H-pyrrole nitrogens is 1. The number of halogens is 2. The number of aryl methyl sites for hydroxylation is 1. The summed E-state index contributed by atoms with van der Waals surface area (Å²) in [5.41, 5.74) is 0.130. The van der Waals surface area contributed by atoms with Crippen molar-refractivity contribution in [3.63, 3.8) is 0 Å². The van der Waals surface area contributed by atoms with Gasteiger partial charge in [0.25, 0.3) is 0 Å². The van der Waals surface area contributed by atoms with Gasteiger partial charge in [-0.15, -0.1) is 0 Å². The Morgan fingerprint density at radius 1 is 1.11 bits per heavy atom. The number of hydrogen-bond donors (Lipinski definition) is 3. The highest BCUT2D eigenvalue weighted by molar-refractivity contribution is 5.85. The lowest BCUT2D eigenvalue weighted by Crippen LogP contribution is -2.08. The first-order chi connectivity index (χ1) is 13.4. The van der Waals surface area contributed by atoms with Crippen LogP contribution in [0.1, 0.15) is 11.3 Å². The van der Waals surface area contributed by atoms with Crippen molar-refractivity contribution >= 4 is 11.0 Å². The number of rotatable bonds is 3. The molecule has 0 saturated carbocycles. The molecule has 4 rings (SSSR count). The molecule has 0 saturated heterocycles. The molecular weight excluding hydrogens is 368 g/mol. The fourth-order valence-corrected chi connectivity index (χ4v) is 3.17. The number of benzene rings is 2. The number of aromatic amines is 1. The van der Waals surface area contributed by atoms with Crippen molar-refractivity contribution in [2.45, 2.75) is 13.5 Å². The second kappa shape index (κ2) is 6.58. The molecule has 0 aliphatic carbocycles. The molecule has 3 N–H and O–H groups in total. The first-order valence-electron chi connectivity index (χ1n) is 8.41. The van der Waals surface area contributed by atoms with E-state index < -0.39 is 28.4 Å². The molecule has 0 radical (unpaired) electrons. The fraction of sp³-hybridized carbons (Fsp3) is 0.100. The summed E-state index contributed by atoms with van der Waals surface area (Å²) in [5, 5.41) is 24.0. The van der Waals surface area contributed by atoms with Crippen molar-refractivity contribution in [3.8, 4) is 22.7 Å². The van der Waals surface area contributed by atoms with Gasteiger partial charge in [0.1, 0.15) is 17.3 Å². The maximum atomic E-state index is 14.2. The van der Waals surface area contributed by atoms with Gasteiger partial charge in [-0.3, -0.25) is 4.79 Å². The highest BCUT2D eigenvalue weighted by Crippen LogP contribution is 2.32. The quantitative estimate of drug-likeness (QED) is 0.507. The Morgan fingerprint density at radius 3 is 2.36 bits per heavy atom. The molecule has 0 atom stereocenters. The molecule has 142 valence electrons. The van der Waals surface area contributed by atoms with Crippen LogP contribution < -0.4 is 5.43 Å². The van der Waals surface area contributed by atoms with Crippen LogP contribution in [0.15, 0.2) is 47.3 Å². The lowest BCUT2D eigenvalue weighted by molar-refractivity contribution is 0.282. The van der Waals surface area contributed by atoms with E-state index in [1.807, 2.05) is 0 Å². The predicted octanol–water partition coefficient (Wildman–Crippen LogP) is 3.17. The van der Waals surface area contributed by atoms with Gasteiger partial charge < -0.3 is 15.2 Å². The number of fused-ring (bicyclic) bond motifs is 1. The monoisotopic (exact) mass is 383 g/mol. The zero-order valence-electron chi connectivity index (χ0n) is 14.7. The van der Waals surface area contributed by atoms with Gasteiger partial charge in [-0.05, 0) is 36.8 Å². The SMILES string of the molecule is Cc1nn(-c2ccc(CO)cc2)c2[nH]c(-c3c(F)cccc3F)c(O)c(=O)c12. The Hall–Kier alpha value is -3.52. The van der Waals surface area contributed by atoms with E-state index in [9.17, 15) is 23.8 Å². The molecule has 2 heterocycles. The topological polar surface area (TPSA) is 91.1 Å². The number of pyridine rings is 1. The van der Waals surface area contributed by atoms with Crippen LogP contribution in [0.5, 0.6) is 5.75 Å². The van der Waals surface area contributed by atoms with E-state index in [1.165, 1.54) is 10.7 Å². The summed E-state index contributed by atoms with van der Waals surface area (Å²) in [4.78, 5) is 15.5. The maximum absolute atomic E-state index is 14.2. The molecule has 6 nitrogen and oxygen atoms in total. The van der Waals surface area contributed by atoms with Crippen molar-refractivity contribution < 1.29 is 19.0 Å². The van der Waals surface area contributed by atoms with E-state index in [1.54, 1.807) is 31.2 Å². The van der Waals surface area contributed by atoms with Crippen LogP contribution in [0.4, 0.5) is 8.78 Å². The van der Waals surface area contributed by atoms with Gasteiger partial charge in [-0.2, -0.15) is 5.10 Å². The second-order valence-corrected chi connectivity index (χ2v) is 6.32. The van der Waals surface area contributed by atoms with E-state index in [2.05, 4.69) is 10.1 Å². The summed E-state index contributed by atoms with van der Waals surface area (Å²) < 4.78 is 29.9. The first-order valence-corrected chi connectivity index (χ1v) is 8.41. The van der Waals surface area contributed by atoms with Crippen molar-refractivity contribution in [3.05, 3.63) is 75.6 Å². The molecular formula is C20H15F2N3O3. The number of aliphatic hydroxyl groups is 1. The molecule has 0 spiro atoms. The minimum Gasteiger partial charge on any atom is -0.503 e. The number of aromatic nitrogens is 3. The Balaban J connectivity index is 2.05. The third kappa shape index (κ3) is 2.66. The number of nitrogens with zero attached hydrogens (tertiary/aromatic N) is 2. The number of aliphatic hydroxyl groups excluding tert-OH is 1. The van der Waals surface area contributed by atoms with Crippen LogP contribution in [0.25, 0.3) is 28.0 Å². The molecule has 0 bridgehead atoms. The van der Waals surface area contributed by atoms with Gasteiger partial charge in [-0.25, -0.2) is 13.5 Å². The van der Waals surface area contributed by atoms with E-state index in [0.29, 0.717) is 16.9 Å². The Labute approximate surface area is 157 Å². The van der Waals surface area contributed by atoms with Crippen LogP contribution >= 0.6 is 0 Å². The summed E-state index contributed by atoms with van der Waals surface area (Å²) >= 11 is 0. The number of nitrogens with one attached hydrogen (secondary N) is 1. The lowest BCUT2D eigenvalue weighted by Gasteiger charge is -2.10. The standard InChI is InChI=1S/C20H15F2N3O3/c1-10-15-18(27)19(28)17(16-13(21)3-2-4-14(16)22)23-20(15)25(24-10)12-7-5-11(9-26)6-8-12/h2-8,26,28H,9H2,1H3,(H,23,27). The third-order valence-corrected chi connectivity index (χ3v) is 4.56. The summed E-state index contributed by atoms with van der Waals surface area (Å²) in [6.45, 7) is 1.47. The molecule has 0 aliphatic heterocycles. The van der Waals surface area contributed by atoms with Gasteiger partial charge in [0.2, 0.25) is 5.43 Å². The molecule has 2 aromatic carbocycles. The average Bonchev–Trinajstić information content (AvgIpc) is 3.02. The molecule has 28 heavy (non-hydrogen) atoms. The minimum absolute atomic E-state index is 0.115. The highest BCUT2D eigenvalue weighted by Gasteiger charge is 2.23. The molecule has 8 heteroatoms. The number of aromatic hydroxyl groups is 1. The largest absolute Gasteiger partial charge is 0.503 e. The van der Waals surface area contributed by atoms with Gasteiger partial charge >= 0.3 is 0 Å². The molecule has 0 fully saturated rings. The summed E-state index contributed by atoms with van der Waals surface area (Å²) in [7, 11) is 0. The summed E-state index contributed by atoms with van der Waals surface area (Å²) in [6, 6.07) is 10.0. The van der Waals surface area contributed by atoms with Crippen molar-refractivity contribution in [2.75, 3.05) is 0 Å². The van der Waals surface area contributed by atoms with Crippen LogP contribution in [0.2, 0.25) is 0 Å². The summed E-state index contributed by atoms with van der Waals surface area (Å²) in [5.74, 6) is -2.62. The molecule has 0 amide bonds. The molecule has 2 aromatic heterocycles. The molecule has 0 aliphatic rings. The first kappa shape index (κ1) is 17.9. The van der Waals surface area contributed by atoms with E-state index in [4.69, 9.17) is 0 Å². The third-order valence-electron chi connectivity index (χ3n) is 4.56. The van der Waals surface area contributed by atoms with Gasteiger partial charge in [0.05, 0.1) is 34.6 Å². The number of hydrogen-bond acceptors (Lipinski definition) is 4. The zero-order valence-corrected chi connectivity index (χ0v) is 14.7. The van der Waals surface area contributed by atoms with Gasteiger partial charge in [-0.1, -0.05) is 18.2 Å². The maximum Gasteiger partial charge on any atom is 0.235 e. The van der Waals surface area contributed by atoms with Crippen LogP contribution in [-0.4, -0.2) is 25.0 Å². The lowest BCUT2D eigenvalue weighted by atomic mass is 10.1. The Bertz CT molecular complexity index is 1240. The van der Waals surface area contributed by atoms with Crippen LogP contribution in [-0.2, 0) is 6.61 Å². The fourth-order valence-electron chi connectivity index (χ4n) is 3.17.